The van der Waals surface area contributed by atoms with E-state index in [0.29, 0.717) is 6.42 Å². The Labute approximate surface area is 240 Å². The molecule has 1 aliphatic rings. The molecule has 1 aliphatic carbocycles. The van der Waals surface area contributed by atoms with Crippen LogP contribution in [-0.2, 0) is 20.7 Å². The van der Waals surface area contributed by atoms with Crippen molar-refractivity contribution in [2.75, 3.05) is 0 Å². The summed E-state index contributed by atoms with van der Waals surface area (Å²) in [6.07, 6.45) is 5.44. The Morgan fingerprint density at radius 1 is 0.900 bits per heavy atom. The van der Waals surface area contributed by atoms with Crippen molar-refractivity contribution in [2.45, 2.75) is 116 Å². The van der Waals surface area contributed by atoms with E-state index in [4.69, 9.17) is 4.74 Å². The number of hydrogen-bond donors (Lipinski definition) is 2. The van der Waals surface area contributed by atoms with E-state index < -0.39 is 29.3 Å². The highest BCUT2D eigenvalue weighted by Gasteiger charge is 2.43. The molecule has 0 spiro atoms. The highest BCUT2D eigenvalue weighted by atomic mass is 16.6. The Balaban J connectivity index is 2.05. The van der Waals surface area contributed by atoms with Crippen LogP contribution in [-0.4, -0.2) is 46.0 Å². The lowest BCUT2D eigenvalue weighted by Crippen LogP contribution is -2.60. The molecule has 2 aromatic carbocycles. The number of hydrogen-bond acceptors (Lipinski definition) is 4. The first kappa shape index (κ1) is 31.2. The minimum absolute atomic E-state index is 0.0918. The predicted molar refractivity (Wildman–Crippen MR) is 159 cm³/mol. The molecule has 1 fully saturated rings. The molecule has 0 bridgehead atoms. The van der Waals surface area contributed by atoms with E-state index in [2.05, 4.69) is 10.6 Å². The van der Waals surface area contributed by atoms with Gasteiger partial charge < -0.3 is 20.3 Å². The number of nitrogens with one attached hydrogen (secondary N) is 2. The van der Waals surface area contributed by atoms with Crippen LogP contribution in [0.3, 0.4) is 0 Å². The number of ether oxygens (including phenoxy) is 1. The van der Waals surface area contributed by atoms with E-state index in [1.54, 1.807) is 25.7 Å². The second-order valence-electron chi connectivity index (χ2n) is 12.4. The van der Waals surface area contributed by atoms with Crippen LogP contribution < -0.4 is 10.6 Å². The van der Waals surface area contributed by atoms with E-state index in [0.717, 1.165) is 36.8 Å². The highest BCUT2D eigenvalue weighted by molar-refractivity contribution is 5.93. The lowest BCUT2D eigenvalue weighted by molar-refractivity contribution is -0.149. The first-order valence-electron chi connectivity index (χ1n) is 14.6. The van der Waals surface area contributed by atoms with E-state index >= 15 is 0 Å². The third-order valence-electron chi connectivity index (χ3n) is 7.60. The number of nitrogens with zero attached hydrogens (tertiary/aromatic N) is 1. The van der Waals surface area contributed by atoms with Crippen molar-refractivity contribution in [3.63, 3.8) is 0 Å². The Hall–Kier alpha value is -3.35. The number of amides is 3. The van der Waals surface area contributed by atoms with Crippen LogP contribution in [0, 0.1) is 0 Å². The Morgan fingerprint density at radius 3 is 2.02 bits per heavy atom. The molecule has 2 atom stereocenters. The number of carbonyl (C=O) groups is 3. The summed E-state index contributed by atoms with van der Waals surface area (Å²) in [5.41, 5.74) is 0.223. The van der Waals surface area contributed by atoms with Gasteiger partial charge in [0.1, 0.15) is 17.7 Å². The summed E-state index contributed by atoms with van der Waals surface area (Å²) in [6.45, 7) is 11.3. The molecule has 7 nitrogen and oxygen atoms in total. The van der Waals surface area contributed by atoms with Gasteiger partial charge in [0.25, 0.3) is 0 Å². The lowest BCUT2D eigenvalue weighted by atomic mass is 9.90. The SMILES string of the molecule is CCC(C)(C)N(C(=O)C(Cc1ccccc1)NC(=O)OC(C)(C)C)C(C(=O)NC1CCCCC1)c1ccccc1. The predicted octanol–water partition coefficient (Wildman–Crippen LogP) is 6.33. The number of alkyl carbamates (subject to hydrolysis) is 1. The van der Waals surface area contributed by atoms with Gasteiger partial charge in [0.2, 0.25) is 11.8 Å². The van der Waals surface area contributed by atoms with Crippen molar-refractivity contribution in [2.24, 2.45) is 0 Å². The van der Waals surface area contributed by atoms with Crippen molar-refractivity contribution >= 4 is 17.9 Å². The van der Waals surface area contributed by atoms with Crippen LogP contribution in [0.25, 0.3) is 0 Å². The normalized spacial score (nSPS) is 15.9. The van der Waals surface area contributed by atoms with Crippen LogP contribution in [0.15, 0.2) is 60.7 Å². The maximum atomic E-state index is 14.6. The van der Waals surface area contributed by atoms with E-state index in [1.807, 2.05) is 81.4 Å². The van der Waals surface area contributed by atoms with Crippen molar-refractivity contribution < 1.29 is 19.1 Å². The Kier molecular flexibility index (Phi) is 10.8. The molecule has 0 aliphatic heterocycles. The number of rotatable bonds is 10. The second-order valence-corrected chi connectivity index (χ2v) is 12.4. The minimum atomic E-state index is -0.934. The first-order chi connectivity index (χ1) is 18.9. The van der Waals surface area contributed by atoms with Gasteiger partial charge in [-0.25, -0.2) is 4.79 Å². The van der Waals surface area contributed by atoms with Gasteiger partial charge >= 0.3 is 6.09 Å². The monoisotopic (exact) mass is 549 g/mol. The molecule has 2 N–H and O–H groups in total. The zero-order valence-electron chi connectivity index (χ0n) is 25.0. The van der Waals surface area contributed by atoms with E-state index in [1.165, 1.54) is 6.42 Å². The van der Waals surface area contributed by atoms with Crippen LogP contribution in [0.1, 0.15) is 97.2 Å². The molecule has 2 aromatic rings. The summed E-state index contributed by atoms with van der Waals surface area (Å²) in [6, 6.07) is 17.3. The highest BCUT2D eigenvalue weighted by Crippen LogP contribution is 2.33. The maximum absolute atomic E-state index is 14.6. The molecular weight excluding hydrogens is 502 g/mol. The molecule has 0 aromatic heterocycles. The topological polar surface area (TPSA) is 87.7 Å². The molecule has 218 valence electrons. The van der Waals surface area contributed by atoms with Gasteiger partial charge in [-0.15, -0.1) is 0 Å². The van der Waals surface area contributed by atoms with Gasteiger partial charge in [0.15, 0.2) is 0 Å². The first-order valence-corrected chi connectivity index (χ1v) is 14.6. The Bertz CT molecular complexity index is 1110. The minimum Gasteiger partial charge on any atom is -0.444 e. The summed E-state index contributed by atoms with van der Waals surface area (Å²) in [7, 11) is 0. The molecule has 0 heterocycles. The van der Waals surface area contributed by atoms with Gasteiger partial charge in [-0.3, -0.25) is 9.59 Å². The summed E-state index contributed by atoms with van der Waals surface area (Å²) < 4.78 is 5.54. The average molecular weight is 550 g/mol. The quantitative estimate of drug-likeness (QED) is 0.363. The summed E-state index contributed by atoms with van der Waals surface area (Å²) >= 11 is 0. The zero-order valence-corrected chi connectivity index (χ0v) is 25.0. The molecular formula is C33H47N3O4. The number of carbonyl (C=O) groups excluding carboxylic acids is 3. The fraction of sp³-hybridized carbons (Fsp3) is 0.545. The molecule has 3 amide bonds. The largest absolute Gasteiger partial charge is 0.444 e. The summed E-state index contributed by atoms with van der Waals surface area (Å²) in [5, 5.41) is 6.11. The van der Waals surface area contributed by atoms with E-state index in [9.17, 15) is 14.4 Å². The maximum Gasteiger partial charge on any atom is 0.408 e. The lowest BCUT2D eigenvalue weighted by Gasteiger charge is -2.45. The van der Waals surface area contributed by atoms with E-state index in [-0.39, 0.29) is 24.3 Å². The fourth-order valence-electron chi connectivity index (χ4n) is 5.19. The molecule has 7 heteroatoms. The Morgan fingerprint density at radius 2 is 1.48 bits per heavy atom. The summed E-state index contributed by atoms with van der Waals surface area (Å²) in [5.74, 6) is -0.516. The van der Waals surface area contributed by atoms with Crippen LogP contribution >= 0.6 is 0 Å². The van der Waals surface area contributed by atoms with Gasteiger partial charge in [-0.2, -0.15) is 0 Å². The van der Waals surface area contributed by atoms with Gasteiger partial charge in [0.05, 0.1) is 0 Å². The fourth-order valence-corrected chi connectivity index (χ4v) is 5.19. The standard InChI is InChI=1S/C33H47N3O4/c1-7-33(5,6)36(28(25-19-13-9-14-20-25)29(37)34-26-21-15-10-16-22-26)30(38)27(23-24-17-11-8-12-18-24)35-31(39)40-32(2,3)4/h8-9,11-14,17-20,26-28H,7,10,15-16,21-23H2,1-6H3,(H,34,37)(H,35,39). The van der Waals surface area contributed by atoms with Gasteiger partial charge in [0, 0.05) is 18.0 Å². The molecule has 0 saturated heterocycles. The van der Waals surface area contributed by atoms with Crippen LogP contribution in [0.2, 0.25) is 0 Å². The van der Waals surface area contributed by atoms with Crippen molar-refractivity contribution in [3.05, 3.63) is 71.8 Å². The third kappa shape index (κ3) is 8.83. The molecule has 3 rings (SSSR count). The van der Waals surface area contributed by atoms with Gasteiger partial charge in [-0.1, -0.05) is 86.8 Å². The van der Waals surface area contributed by atoms with Crippen LogP contribution in [0.5, 0.6) is 0 Å². The van der Waals surface area contributed by atoms with Crippen molar-refractivity contribution in [1.29, 1.82) is 0 Å². The third-order valence-corrected chi connectivity index (χ3v) is 7.60. The molecule has 2 unspecified atom stereocenters. The second kappa shape index (κ2) is 13.8. The smallest absolute Gasteiger partial charge is 0.408 e. The van der Waals surface area contributed by atoms with Crippen molar-refractivity contribution in [1.82, 2.24) is 15.5 Å². The van der Waals surface area contributed by atoms with Crippen molar-refractivity contribution in [3.8, 4) is 0 Å². The van der Waals surface area contributed by atoms with Gasteiger partial charge in [-0.05, 0) is 65.0 Å². The molecule has 40 heavy (non-hydrogen) atoms. The molecule has 0 radical (unpaired) electrons. The zero-order chi connectivity index (χ0) is 29.3. The summed E-state index contributed by atoms with van der Waals surface area (Å²) in [4.78, 5) is 43.4. The molecule has 1 saturated carbocycles. The van der Waals surface area contributed by atoms with Crippen LogP contribution in [0.4, 0.5) is 4.79 Å². The number of benzene rings is 2. The average Bonchev–Trinajstić information content (AvgIpc) is 2.91.